The number of nitrogens with zero attached hydrogens (tertiary/aromatic N) is 1. The number of aryl methyl sites for hydroxylation is 3. The monoisotopic (exact) mass is 398 g/mol. The van der Waals surface area contributed by atoms with E-state index in [2.05, 4.69) is 5.32 Å². The average Bonchev–Trinajstić information content (AvgIpc) is 2.89. The Hall–Kier alpha value is -2.66. The minimum atomic E-state index is -1.21. The number of halogens is 1. The van der Waals surface area contributed by atoms with Gasteiger partial charge in [-0.1, -0.05) is 36.7 Å². The number of ketones is 1. The van der Waals surface area contributed by atoms with Crippen LogP contribution in [0.1, 0.15) is 46.0 Å². The van der Waals surface area contributed by atoms with Gasteiger partial charge in [0, 0.05) is 10.6 Å². The van der Waals surface area contributed by atoms with Crippen LogP contribution in [0.15, 0.2) is 36.4 Å². The van der Waals surface area contributed by atoms with Gasteiger partial charge in [-0.05, 0) is 67.6 Å². The van der Waals surface area contributed by atoms with E-state index in [1.165, 1.54) is 0 Å². The number of nitrogens with one attached hydrogen (secondary N) is 1. The quantitative estimate of drug-likeness (QED) is 0.603. The fourth-order valence-corrected chi connectivity index (χ4v) is 3.84. The molecule has 1 N–H and O–H groups in total. The molecule has 2 aromatic carbocycles. The molecule has 1 atom stereocenters. The van der Waals surface area contributed by atoms with Gasteiger partial charge in [0.05, 0.1) is 6.54 Å². The zero-order valence-corrected chi connectivity index (χ0v) is 17.2. The first-order chi connectivity index (χ1) is 13.2. The first-order valence-electron chi connectivity index (χ1n) is 9.21. The van der Waals surface area contributed by atoms with E-state index in [0.29, 0.717) is 22.6 Å². The van der Waals surface area contributed by atoms with E-state index in [4.69, 9.17) is 11.6 Å². The van der Waals surface area contributed by atoms with E-state index in [1.807, 2.05) is 39.8 Å². The number of urea groups is 1. The summed E-state index contributed by atoms with van der Waals surface area (Å²) < 4.78 is 0. The van der Waals surface area contributed by atoms with Crippen LogP contribution in [0, 0.1) is 20.8 Å². The Morgan fingerprint density at radius 2 is 1.75 bits per heavy atom. The Kier molecular flexibility index (Phi) is 5.31. The molecular weight excluding hydrogens is 376 g/mol. The maximum absolute atomic E-state index is 13.2. The summed E-state index contributed by atoms with van der Waals surface area (Å²) in [6, 6.07) is 10.1. The second-order valence-corrected chi connectivity index (χ2v) is 7.70. The van der Waals surface area contributed by atoms with Crippen molar-refractivity contribution in [1.29, 1.82) is 0 Å². The van der Waals surface area contributed by atoms with Crippen molar-refractivity contribution in [3.05, 3.63) is 69.2 Å². The molecule has 0 saturated carbocycles. The Bertz CT molecular complexity index is 986. The molecule has 6 heteroatoms. The Morgan fingerprint density at radius 1 is 1.07 bits per heavy atom. The second kappa shape index (κ2) is 7.40. The lowest BCUT2D eigenvalue weighted by Crippen LogP contribution is -2.43. The van der Waals surface area contributed by atoms with Crippen molar-refractivity contribution in [1.82, 2.24) is 10.2 Å². The standard InChI is InChI=1S/C22H23ClN2O3/c1-5-22(16-7-6-8-17(23)11-16)20(27)25(21(28)24-22)12-19(26)18-10-14(3)13(2)9-15(18)4/h6-11H,5,12H2,1-4H3,(H,24,28)/t22-/m1/s1. The fraction of sp³-hybridized carbons (Fsp3) is 0.318. The number of amides is 3. The summed E-state index contributed by atoms with van der Waals surface area (Å²) in [6.45, 7) is 7.29. The van der Waals surface area contributed by atoms with Gasteiger partial charge in [0.2, 0.25) is 0 Å². The SMILES string of the molecule is CC[C@]1(c2cccc(Cl)c2)NC(=O)N(CC(=O)c2cc(C)c(C)cc2C)C1=O. The summed E-state index contributed by atoms with van der Waals surface area (Å²) in [4.78, 5) is 39.7. The summed E-state index contributed by atoms with van der Waals surface area (Å²) in [6.07, 6.45) is 0.352. The Balaban J connectivity index is 1.92. The van der Waals surface area contributed by atoms with Gasteiger partial charge in [0.1, 0.15) is 5.54 Å². The molecule has 3 amide bonds. The molecule has 2 aromatic rings. The molecule has 0 bridgehead atoms. The van der Waals surface area contributed by atoms with Crippen LogP contribution < -0.4 is 5.32 Å². The highest BCUT2D eigenvalue weighted by Crippen LogP contribution is 2.33. The zero-order valence-electron chi connectivity index (χ0n) is 16.4. The first-order valence-corrected chi connectivity index (χ1v) is 9.58. The van der Waals surface area contributed by atoms with E-state index in [-0.39, 0.29) is 12.3 Å². The first kappa shape index (κ1) is 20.1. The number of rotatable bonds is 5. The number of carbonyl (C=O) groups excluding carboxylic acids is 3. The lowest BCUT2D eigenvalue weighted by Gasteiger charge is -2.26. The third-order valence-electron chi connectivity index (χ3n) is 5.47. The van der Waals surface area contributed by atoms with E-state index >= 15 is 0 Å². The van der Waals surface area contributed by atoms with E-state index in [1.54, 1.807) is 24.3 Å². The number of Topliss-reactive ketones (excluding diaryl/α,β-unsaturated/α-hetero) is 1. The fourth-order valence-electron chi connectivity index (χ4n) is 3.65. The molecule has 1 aliphatic heterocycles. The van der Waals surface area contributed by atoms with Gasteiger partial charge >= 0.3 is 6.03 Å². The van der Waals surface area contributed by atoms with Crippen LogP contribution in [0.25, 0.3) is 0 Å². The number of imide groups is 1. The minimum absolute atomic E-state index is 0.262. The van der Waals surface area contributed by atoms with Crippen molar-refractivity contribution >= 4 is 29.3 Å². The highest BCUT2D eigenvalue weighted by Gasteiger charge is 2.51. The summed E-state index contributed by atoms with van der Waals surface area (Å²) >= 11 is 6.08. The number of hydrogen-bond donors (Lipinski definition) is 1. The lowest BCUT2D eigenvalue weighted by atomic mass is 9.87. The number of hydrogen-bond acceptors (Lipinski definition) is 3. The largest absolute Gasteiger partial charge is 0.325 e. The molecule has 1 fully saturated rings. The van der Waals surface area contributed by atoms with Crippen LogP contribution in [0.2, 0.25) is 5.02 Å². The normalized spacial score (nSPS) is 19.1. The molecule has 0 radical (unpaired) electrons. The molecule has 5 nitrogen and oxygen atoms in total. The van der Waals surface area contributed by atoms with Gasteiger partial charge in [0.25, 0.3) is 5.91 Å². The maximum atomic E-state index is 13.2. The van der Waals surface area contributed by atoms with Crippen LogP contribution in [0.5, 0.6) is 0 Å². The van der Waals surface area contributed by atoms with E-state index < -0.39 is 17.5 Å². The van der Waals surface area contributed by atoms with Crippen molar-refractivity contribution in [2.45, 2.75) is 39.7 Å². The van der Waals surface area contributed by atoms with Crippen LogP contribution >= 0.6 is 11.6 Å². The molecule has 146 valence electrons. The highest BCUT2D eigenvalue weighted by atomic mass is 35.5. The molecule has 28 heavy (non-hydrogen) atoms. The molecule has 0 aromatic heterocycles. The lowest BCUT2D eigenvalue weighted by molar-refractivity contribution is -0.131. The van der Waals surface area contributed by atoms with Crippen LogP contribution in [0.3, 0.4) is 0 Å². The second-order valence-electron chi connectivity index (χ2n) is 7.27. The molecule has 1 saturated heterocycles. The van der Waals surface area contributed by atoms with E-state index in [0.717, 1.165) is 21.6 Å². The van der Waals surface area contributed by atoms with E-state index in [9.17, 15) is 14.4 Å². The Labute approximate surface area is 169 Å². The van der Waals surface area contributed by atoms with Crippen LogP contribution in [-0.2, 0) is 10.3 Å². The summed E-state index contributed by atoms with van der Waals surface area (Å²) in [7, 11) is 0. The Morgan fingerprint density at radius 3 is 2.39 bits per heavy atom. The van der Waals surface area contributed by atoms with Gasteiger partial charge in [0.15, 0.2) is 5.78 Å². The number of benzene rings is 2. The van der Waals surface area contributed by atoms with Crippen molar-refractivity contribution in [2.24, 2.45) is 0 Å². The summed E-state index contributed by atoms with van der Waals surface area (Å²) in [5.74, 6) is -0.695. The molecule has 1 aliphatic rings. The van der Waals surface area contributed by atoms with Crippen LogP contribution in [0.4, 0.5) is 4.79 Å². The third kappa shape index (κ3) is 3.31. The average molecular weight is 399 g/mol. The van der Waals surface area contributed by atoms with Gasteiger partial charge < -0.3 is 5.32 Å². The maximum Gasteiger partial charge on any atom is 0.325 e. The topological polar surface area (TPSA) is 66.5 Å². The molecule has 1 heterocycles. The van der Waals surface area contributed by atoms with Gasteiger partial charge in [-0.3, -0.25) is 14.5 Å². The molecule has 0 unspecified atom stereocenters. The van der Waals surface area contributed by atoms with Gasteiger partial charge in [-0.2, -0.15) is 0 Å². The van der Waals surface area contributed by atoms with Gasteiger partial charge in [-0.25, -0.2) is 4.79 Å². The third-order valence-corrected chi connectivity index (χ3v) is 5.70. The van der Waals surface area contributed by atoms with Crippen LogP contribution in [-0.4, -0.2) is 29.2 Å². The smallest absolute Gasteiger partial charge is 0.319 e. The molecule has 0 spiro atoms. The van der Waals surface area contributed by atoms with Crippen molar-refractivity contribution in [2.75, 3.05) is 6.54 Å². The molecule has 3 rings (SSSR count). The van der Waals surface area contributed by atoms with Crippen molar-refractivity contribution in [3.8, 4) is 0 Å². The van der Waals surface area contributed by atoms with Crippen molar-refractivity contribution in [3.63, 3.8) is 0 Å². The highest BCUT2D eigenvalue weighted by molar-refractivity contribution is 6.30. The summed E-state index contributed by atoms with van der Waals surface area (Å²) in [5, 5.41) is 3.26. The van der Waals surface area contributed by atoms with Crippen molar-refractivity contribution < 1.29 is 14.4 Å². The predicted molar refractivity (Wildman–Crippen MR) is 109 cm³/mol. The molecular formula is C22H23ClN2O3. The predicted octanol–water partition coefficient (Wildman–Crippen LogP) is 4.31. The summed E-state index contributed by atoms with van der Waals surface area (Å²) in [5.41, 5.74) is 2.85. The minimum Gasteiger partial charge on any atom is -0.319 e. The molecule has 0 aliphatic carbocycles. The number of carbonyl (C=O) groups is 3. The zero-order chi connectivity index (χ0) is 20.6. The van der Waals surface area contributed by atoms with Gasteiger partial charge in [-0.15, -0.1) is 0 Å².